The maximum absolute atomic E-state index is 12.5. The maximum Gasteiger partial charge on any atom is 0.227 e. The molecule has 3 rings (SSSR count). The first kappa shape index (κ1) is 17.2. The monoisotopic (exact) mass is 335 g/mol. The Kier molecular flexibility index (Phi) is 4.62. The predicted molar refractivity (Wildman–Crippen MR) is 101 cm³/mol. The van der Waals surface area contributed by atoms with E-state index in [1.54, 1.807) is 6.33 Å². The van der Waals surface area contributed by atoms with Gasteiger partial charge < -0.3 is 10.3 Å². The minimum Gasteiger partial charge on any atom is -0.352 e. The van der Waals surface area contributed by atoms with Crippen LogP contribution in [0.5, 0.6) is 0 Å². The third-order valence-electron chi connectivity index (χ3n) is 4.63. The first-order valence-corrected chi connectivity index (χ1v) is 8.65. The number of fused-ring (bicyclic) bond motifs is 1. The molecule has 1 atom stereocenters. The van der Waals surface area contributed by atoms with Gasteiger partial charge in [-0.05, 0) is 41.2 Å². The Bertz CT molecular complexity index is 872. The Morgan fingerprint density at radius 2 is 1.88 bits per heavy atom. The van der Waals surface area contributed by atoms with Gasteiger partial charge in [0.15, 0.2) is 0 Å². The quantitative estimate of drug-likeness (QED) is 0.747. The summed E-state index contributed by atoms with van der Waals surface area (Å²) in [6, 6.07) is 14.3. The fourth-order valence-corrected chi connectivity index (χ4v) is 2.83. The molecule has 130 valence electrons. The molecule has 0 aliphatic carbocycles. The third kappa shape index (κ3) is 3.90. The zero-order valence-electron chi connectivity index (χ0n) is 15.3. The van der Waals surface area contributed by atoms with Crippen molar-refractivity contribution in [3.8, 4) is 0 Å². The zero-order valence-corrected chi connectivity index (χ0v) is 15.3. The van der Waals surface area contributed by atoms with Gasteiger partial charge in [-0.1, -0.05) is 51.1 Å². The zero-order chi connectivity index (χ0) is 18.0. The average molecular weight is 335 g/mol. The lowest BCUT2D eigenvalue weighted by molar-refractivity contribution is -0.122. The number of aromatic nitrogens is 2. The summed E-state index contributed by atoms with van der Waals surface area (Å²) in [5, 5.41) is 3.03. The second-order valence-electron chi connectivity index (χ2n) is 7.57. The van der Waals surface area contributed by atoms with Crippen LogP contribution in [0.15, 0.2) is 48.8 Å². The molecular formula is C21H25N3O. The maximum atomic E-state index is 12.5. The number of hydrogen-bond acceptors (Lipinski definition) is 2. The van der Waals surface area contributed by atoms with E-state index in [2.05, 4.69) is 60.3 Å². The fraction of sp³-hybridized carbons (Fsp3) is 0.333. The lowest BCUT2D eigenvalue weighted by atomic mass is 9.87. The molecule has 3 aromatic rings. The molecule has 25 heavy (non-hydrogen) atoms. The molecular weight excluding hydrogens is 310 g/mol. The molecule has 0 bridgehead atoms. The van der Waals surface area contributed by atoms with Gasteiger partial charge in [0.25, 0.3) is 0 Å². The Hall–Kier alpha value is -2.62. The van der Waals surface area contributed by atoms with Gasteiger partial charge in [0.05, 0.1) is 23.3 Å². The highest BCUT2D eigenvalue weighted by Crippen LogP contribution is 2.23. The molecule has 0 saturated heterocycles. The van der Waals surface area contributed by atoms with Crippen LogP contribution in [-0.2, 0) is 16.8 Å². The van der Waals surface area contributed by atoms with Crippen LogP contribution in [0.3, 0.4) is 0 Å². The summed E-state index contributed by atoms with van der Waals surface area (Å²) < 4.78 is 0. The number of carbonyl (C=O) groups excluding carboxylic acids is 1. The summed E-state index contributed by atoms with van der Waals surface area (Å²) in [5.41, 5.74) is 5.38. The van der Waals surface area contributed by atoms with Crippen molar-refractivity contribution in [3.05, 3.63) is 65.5 Å². The summed E-state index contributed by atoms with van der Waals surface area (Å²) in [4.78, 5) is 19.8. The number of nitrogens with zero attached hydrogens (tertiary/aromatic N) is 1. The number of hydrogen-bond donors (Lipinski definition) is 2. The number of aromatic amines is 1. The number of carbonyl (C=O) groups is 1. The van der Waals surface area contributed by atoms with Gasteiger partial charge >= 0.3 is 0 Å². The minimum absolute atomic E-state index is 0.0229. The summed E-state index contributed by atoms with van der Waals surface area (Å²) >= 11 is 0. The van der Waals surface area contributed by atoms with Crippen LogP contribution in [0.1, 0.15) is 50.3 Å². The largest absolute Gasteiger partial charge is 0.352 e. The highest BCUT2D eigenvalue weighted by molar-refractivity contribution is 5.85. The molecule has 0 saturated carbocycles. The van der Waals surface area contributed by atoms with Crippen molar-refractivity contribution in [3.63, 3.8) is 0 Å². The number of benzene rings is 2. The van der Waals surface area contributed by atoms with Gasteiger partial charge in [-0.2, -0.15) is 0 Å². The second kappa shape index (κ2) is 6.71. The predicted octanol–water partition coefficient (Wildman–Crippen LogP) is 4.28. The number of rotatable bonds is 4. The van der Waals surface area contributed by atoms with E-state index < -0.39 is 0 Å². The minimum atomic E-state index is -0.213. The first-order valence-electron chi connectivity index (χ1n) is 8.65. The number of nitrogens with one attached hydrogen (secondary N) is 2. The highest BCUT2D eigenvalue weighted by atomic mass is 16.1. The van der Waals surface area contributed by atoms with Crippen LogP contribution in [0.2, 0.25) is 0 Å². The summed E-state index contributed by atoms with van der Waals surface area (Å²) in [7, 11) is 0. The number of imidazole rings is 1. The van der Waals surface area contributed by atoms with E-state index in [1.807, 2.05) is 25.1 Å². The molecule has 2 aromatic carbocycles. The first-order chi connectivity index (χ1) is 11.8. The fourth-order valence-electron chi connectivity index (χ4n) is 2.83. The van der Waals surface area contributed by atoms with Crippen molar-refractivity contribution in [1.82, 2.24) is 15.3 Å². The van der Waals surface area contributed by atoms with Crippen molar-refractivity contribution in [2.24, 2.45) is 0 Å². The normalized spacial score (nSPS) is 13.0. The molecule has 4 nitrogen and oxygen atoms in total. The highest BCUT2D eigenvalue weighted by Gasteiger charge is 2.16. The lowest BCUT2D eigenvalue weighted by Crippen LogP contribution is -2.27. The van der Waals surface area contributed by atoms with Gasteiger partial charge in [-0.15, -0.1) is 0 Å². The van der Waals surface area contributed by atoms with Crippen molar-refractivity contribution >= 4 is 16.9 Å². The van der Waals surface area contributed by atoms with Crippen molar-refractivity contribution in [2.75, 3.05) is 0 Å². The smallest absolute Gasteiger partial charge is 0.227 e. The van der Waals surface area contributed by atoms with E-state index in [1.165, 1.54) is 5.56 Å². The molecule has 0 fully saturated rings. The summed E-state index contributed by atoms with van der Waals surface area (Å²) in [6.45, 7) is 9.05. The van der Waals surface area contributed by atoms with Crippen LogP contribution >= 0.6 is 0 Å². The number of amides is 1. The van der Waals surface area contributed by atoms with Crippen LogP contribution < -0.4 is 5.32 Å². The number of H-pyrrole nitrogens is 1. The van der Waals surface area contributed by atoms with Gasteiger partial charge in [-0.25, -0.2) is 4.98 Å². The van der Waals surface area contributed by atoms with E-state index >= 15 is 0 Å². The van der Waals surface area contributed by atoms with Gasteiger partial charge in [-0.3, -0.25) is 4.79 Å². The molecule has 0 aliphatic rings. The van der Waals surface area contributed by atoms with Crippen LogP contribution in [0.4, 0.5) is 0 Å². The summed E-state index contributed by atoms with van der Waals surface area (Å²) in [6.07, 6.45) is 1.67. The van der Waals surface area contributed by atoms with E-state index in [4.69, 9.17) is 0 Å². The Balaban J connectivity index is 1.63. The van der Waals surface area contributed by atoms with E-state index in [-0.39, 0.29) is 17.2 Å². The molecule has 2 N–H and O–H groups in total. The Morgan fingerprint density at radius 1 is 1.16 bits per heavy atom. The van der Waals surface area contributed by atoms with Crippen molar-refractivity contribution in [1.29, 1.82) is 0 Å². The molecule has 0 aliphatic heterocycles. The lowest BCUT2D eigenvalue weighted by Gasteiger charge is -2.19. The molecule has 1 unspecified atom stereocenters. The third-order valence-corrected chi connectivity index (χ3v) is 4.63. The van der Waals surface area contributed by atoms with Crippen LogP contribution in [0.25, 0.3) is 11.0 Å². The summed E-state index contributed by atoms with van der Waals surface area (Å²) in [5.74, 6) is -0.190. The van der Waals surface area contributed by atoms with Crippen LogP contribution in [-0.4, -0.2) is 15.9 Å². The topological polar surface area (TPSA) is 57.8 Å². The molecule has 0 radical (unpaired) electrons. The molecule has 4 heteroatoms. The molecule has 0 spiro atoms. The van der Waals surface area contributed by atoms with E-state index in [0.29, 0.717) is 6.54 Å². The Morgan fingerprint density at radius 3 is 2.56 bits per heavy atom. The van der Waals surface area contributed by atoms with Gasteiger partial charge in [0, 0.05) is 6.54 Å². The van der Waals surface area contributed by atoms with Crippen molar-refractivity contribution in [2.45, 2.75) is 45.6 Å². The van der Waals surface area contributed by atoms with Gasteiger partial charge in [0.1, 0.15) is 0 Å². The molecule has 1 aromatic heterocycles. The van der Waals surface area contributed by atoms with E-state index in [9.17, 15) is 4.79 Å². The molecule has 1 amide bonds. The standard InChI is InChI=1S/C21H25N3O/c1-14(16-7-10-18-19(11-16)24-13-23-18)20(25)22-12-15-5-8-17(9-6-15)21(2,3)4/h5-11,13-14H,12H2,1-4H3,(H,22,25)(H,23,24). The van der Waals surface area contributed by atoms with Crippen LogP contribution in [0, 0.1) is 0 Å². The van der Waals surface area contributed by atoms with Crippen molar-refractivity contribution < 1.29 is 4.79 Å². The average Bonchev–Trinajstić information content (AvgIpc) is 3.06. The van der Waals surface area contributed by atoms with E-state index in [0.717, 1.165) is 22.2 Å². The SMILES string of the molecule is CC(C(=O)NCc1ccc(C(C)(C)C)cc1)c1ccc2[nH]cnc2c1. The van der Waals surface area contributed by atoms with Gasteiger partial charge in [0.2, 0.25) is 5.91 Å². The Labute approximate surface area is 148 Å². The molecule has 1 heterocycles. The second-order valence-corrected chi connectivity index (χ2v) is 7.57.